The van der Waals surface area contributed by atoms with Crippen LogP contribution in [-0.4, -0.2) is 52.7 Å². The van der Waals surface area contributed by atoms with Crippen LogP contribution in [0.15, 0.2) is 41.0 Å². The molecule has 0 N–H and O–H groups in total. The molecule has 3 rings (SSSR count). The van der Waals surface area contributed by atoms with Crippen molar-refractivity contribution < 1.29 is 27.5 Å². The maximum Gasteiger partial charge on any atom is 0.417 e. The van der Waals surface area contributed by atoms with Gasteiger partial charge < -0.3 is 14.5 Å². The molecule has 1 aliphatic heterocycles. The lowest BCUT2D eigenvalue weighted by Gasteiger charge is -2.44. The molecule has 1 aromatic carbocycles. The van der Waals surface area contributed by atoms with E-state index in [1.165, 1.54) is 24.4 Å². The summed E-state index contributed by atoms with van der Waals surface area (Å²) in [7, 11) is 0. The van der Waals surface area contributed by atoms with Crippen molar-refractivity contribution in [1.29, 1.82) is 0 Å². The molecule has 196 valence electrons. The Morgan fingerprint density at radius 3 is 2.33 bits per heavy atom. The number of nitrogens with zero attached hydrogens (tertiary/aromatic N) is 4. The van der Waals surface area contributed by atoms with Crippen LogP contribution in [0.25, 0.3) is 0 Å². The predicted octanol–water partition coefficient (Wildman–Crippen LogP) is 6.50. The van der Waals surface area contributed by atoms with E-state index < -0.39 is 23.2 Å². The lowest BCUT2D eigenvalue weighted by Crippen LogP contribution is -2.59. The van der Waals surface area contributed by atoms with E-state index in [1.807, 2.05) is 39.5 Å². The van der Waals surface area contributed by atoms with Crippen LogP contribution in [0.1, 0.15) is 50.5 Å². The van der Waals surface area contributed by atoms with Gasteiger partial charge >= 0.3 is 12.3 Å². The van der Waals surface area contributed by atoms with Crippen molar-refractivity contribution in [3.63, 3.8) is 0 Å². The summed E-state index contributed by atoms with van der Waals surface area (Å²) in [6.45, 7) is 10.2. The van der Waals surface area contributed by atoms with Crippen LogP contribution in [0, 0.1) is 0 Å². The van der Waals surface area contributed by atoms with E-state index in [0.29, 0.717) is 23.3 Å². The van der Waals surface area contributed by atoms with Gasteiger partial charge in [-0.05, 0) is 65.0 Å². The average molecular weight is 592 g/mol. The Balaban J connectivity index is 1.73. The molecule has 1 fully saturated rings. The van der Waals surface area contributed by atoms with Crippen molar-refractivity contribution in [2.24, 2.45) is 0 Å². The molecule has 0 radical (unpaired) electrons. The Kier molecular flexibility index (Phi) is 8.14. The Bertz CT molecular complexity index is 1130. The summed E-state index contributed by atoms with van der Waals surface area (Å²) in [5, 5.41) is 0. The second kappa shape index (κ2) is 10.5. The van der Waals surface area contributed by atoms with Crippen molar-refractivity contribution in [3.05, 3.63) is 52.1 Å². The number of hydrogen-bond donors (Lipinski definition) is 0. The minimum absolute atomic E-state index is 0.0733. The monoisotopic (exact) mass is 590 g/mol. The molecule has 2 heterocycles. The quantitative estimate of drug-likeness (QED) is 0.382. The highest BCUT2D eigenvalue weighted by Crippen LogP contribution is 2.37. The molecule has 0 spiro atoms. The molecule has 7 nitrogen and oxygen atoms in total. The van der Waals surface area contributed by atoms with Crippen LogP contribution in [-0.2, 0) is 10.9 Å². The minimum atomic E-state index is -4.61. The second-order valence-electron chi connectivity index (χ2n) is 9.64. The normalized spacial score (nSPS) is 18.7. The van der Waals surface area contributed by atoms with Crippen molar-refractivity contribution in [1.82, 2.24) is 9.88 Å². The number of anilines is 2. The Hall–Kier alpha value is -2.53. The number of ether oxygens (including phenoxy) is 1. The van der Waals surface area contributed by atoms with Gasteiger partial charge in [0, 0.05) is 47.6 Å². The van der Waals surface area contributed by atoms with Gasteiger partial charge in [-0.2, -0.15) is 13.2 Å². The number of amides is 2. The van der Waals surface area contributed by atoms with Crippen LogP contribution in [0.2, 0.25) is 0 Å². The van der Waals surface area contributed by atoms with Crippen molar-refractivity contribution in [2.45, 2.75) is 58.5 Å². The van der Waals surface area contributed by atoms with Gasteiger partial charge in [0.1, 0.15) is 11.4 Å². The molecule has 0 unspecified atom stereocenters. The number of piperazine rings is 1. The van der Waals surface area contributed by atoms with Crippen LogP contribution < -0.4 is 9.32 Å². The topological polar surface area (TPSA) is 66.0 Å². The first-order chi connectivity index (χ1) is 16.6. The molecule has 0 aliphatic carbocycles. The number of alkyl halides is 3. The molecule has 1 aromatic heterocycles. The third-order valence-corrected chi connectivity index (χ3v) is 6.60. The molecular formula is C24H27BrClF3N4O3. The summed E-state index contributed by atoms with van der Waals surface area (Å²) in [6.07, 6.45) is -3.66. The summed E-state index contributed by atoms with van der Waals surface area (Å²) in [4.78, 5) is 33.5. The molecule has 2 amide bonds. The van der Waals surface area contributed by atoms with Gasteiger partial charge in [0.15, 0.2) is 0 Å². The SMILES string of the molecule is C[C@@H]1CN(C(=O)OC(C)(C)C)[C@@H](C)CN1c1ccc(C(=O)N(Cl)c2ccc(Br)c(C(F)(F)F)c2)cn1. The molecular weight excluding hydrogens is 565 g/mol. The third kappa shape index (κ3) is 6.42. The Morgan fingerprint density at radius 2 is 1.78 bits per heavy atom. The molecule has 2 aromatic rings. The largest absolute Gasteiger partial charge is 0.444 e. The fourth-order valence-electron chi connectivity index (χ4n) is 3.79. The van der Waals surface area contributed by atoms with Gasteiger partial charge in [-0.15, -0.1) is 0 Å². The van der Waals surface area contributed by atoms with E-state index >= 15 is 0 Å². The fraction of sp³-hybridized carbons (Fsp3) is 0.458. The van der Waals surface area contributed by atoms with Crippen LogP contribution in [0.4, 0.5) is 29.5 Å². The molecule has 1 aliphatic rings. The lowest BCUT2D eigenvalue weighted by molar-refractivity contribution is -0.138. The van der Waals surface area contributed by atoms with Crippen molar-refractivity contribution in [3.8, 4) is 0 Å². The molecule has 0 saturated carbocycles. The number of halogens is 5. The van der Waals surface area contributed by atoms with Gasteiger partial charge in [-0.25, -0.2) is 14.2 Å². The zero-order chi connectivity index (χ0) is 27.0. The third-order valence-electron chi connectivity index (χ3n) is 5.56. The van der Waals surface area contributed by atoms with Gasteiger partial charge in [-0.3, -0.25) is 4.79 Å². The fourth-order valence-corrected chi connectivity index (χ4v) is 4.46. The van der Waals surface area contributed by atoms with Crippen LogP contribution in [0.5, 0.6) is 0 Å². The van der Waals surface area contributed by atoms with Gasteiger partial charge in [0.05, 0.1) is 16.8 Å². The molecule has 0 bridgehead atoms. The maximum atomic E-state index is 13.2. The van der Waals surface area contributed by atoms with E-state index in [0.717, 1.165) is 6.07 Å². The Labute approximate surface area is 221 Å². The first-order valence-electron chi connectivity index (χ1n) is 11.2. The summed E-state index contributed by atoms with van der Waals surface area (Å²) in [5.41, 5.74) is -1.55. The van der Waals surface area contributed by atoms with Crippen molar-refractivity contribution in [2.75, 3.05) is 22.4 Å². The van der Waals surface area contributed by atoms with Crippen LogP contribution in [0.3, 0.4) is 0 Å². The van der Waals surface area contributed by atoms with Crippen molar-refractivity contribution >= 4 is 51.2 Å². The number of hydrogen-bond acceptors (Lipinski definition) is 5. The molecule has 2 atom stereocenters. The zero-order valence-corrected chi connectivity index (χ0v) is 22.8. The first-order valence-corrected chi connectivity index (χ1v) is 12.3. The molecule has 36 heavy (non-hydrogen) atoms. The summed E-state index contributed by atoms with van der Waals surface area (Å²) < 4.78 is 45.6. The number of carbonyl (C=O) groups is 2. The average Bonchev–Trinajstić information content (AvgIpc) is 2.78. The van der Waals surface area contributed by atoms with Gasteiger partial charge in [0.2, 0.25) is 0 Å². The lowest BCUT2D eigenvalue weighted by atomic mass is 10.1. The molecule has 1 saturated heterocycles. The smallest absolute Gasteiger partial charge is 0.417 e. The number of rotatable bonds is 3. The highest BCUT2D eigenvalue weighted by atomic mass is 79.9. The van der Waals surface area contributed by atoms with E-state index in [-0.39, 0.29) is 33.9 Å². The summed E-state index contributed by atoms with van der Waals surface area (Å²) in [5.74, 6) is -0.124. The number of aromatic nitrogens is 1. The highest BCUT2D eigenvalue weighted by Gasteiger charge is 2.36. The number of carbonyl (C=O) groups excluding carboxylic acids is 2. The standard InChI is InChI=1S/C24H27BrClF3N4O3/c1-14-13-32(22(35)36-23(3,4)5)15(2)12-31(14)20-9-6-16(11-30-20)21(34)33(26)17-7-8-19(25)18(10-17)24(27,28)29/h6-11,14-15H,12-13H2,1-5H3/t14-,15+/m1/s1. The Morgan fingerprint density at radius 1 is 1.11 bits per heavy atom. The highest BCUT2D eigenvalue weighted by molar-refractivity contribution is 9.10. The molecule has 12 heteroatoms. The van der Waals surface area contributed by atoms with Crippen LogP contribution >= 0.6 is 27.7 Å². The summed E-state index contributed by atoms with van der Waals surface area (Å²) >= 11 is 8.97. The van der Waals surface area contributed by atoms with E-state index in [1.54, 1.807) is 11.0 Å². The van der Waals surface area contributed by atoms with Gasteiger partial charge in [-0.1, -0.05) is 15.9 Å². The van der Waals surface area contributed by atoms with E-state index in [2.05, 4.69) is 20.9 Å². The van der Waals surface area contributed by atoms with Gasteiger partial charge in [0.25, 0.3) is 5.91 Å². The summed E-state index contributed by atoms with van der Waals surface area (Å²) in [6, 6.07) is 6.23. The predicted molar refractivity (Wildman–Crippen MR) is 135 cm³/mol. The second-order valence-corrected chi connectivity index (χ2v) is 10.8. The maximum absolute atomic E-state index is 13.2. The first kappa shape index (κ1) is 28.0. The van der Waals surface area contributed by atoms with E-state index in [4.69, 9.17) is 16.5 Å². The minimum Gasteiger partial charge on any atom is -0.444 e. The zero-order valence-electron chi connectivity index (χ0n) is 20.4. The number of pyridine rings is 1. The number of benzene rings is 1. The van der Waals surface area contributed by atoms with E-state index in [9.17, 15) is 22.8 Å².